The molecule has 2 aliphatic heterocycles. The second-order valence-corrected chi connectivity index (χ2v) is 6.51. The number of aromatic amines is 1. The fourth-order valence-electron chi connectivity index (χ4n) is 3.55. The first kappa shape index (κ1) is 13.6. The first-order valence-electron chi connectivity index (χ1n) is 7.61. The van der Waals surface area contributed by atoms with Crippen molar-refractivity contribution < 1.29 is 4.79 Å². The smallest absolute Gasteiger partial charge is 0.240 e. The predicted octanol–water partition coefficient (Wildman–Crippen LogP) is 1.32. The van der Waals surface area contributed by atoms with Crippen LogP contribution in [0.4, 0.5) is 0 Å². The summed E-state index contributed by atoms with van der Waals surface area (Å²) >= 11 is 0. The lowest BCUT2D eigenvalue weighted by molar-refractivity contribution is -0.139. The highest BCUT2D eigenvalue weighted by Gasteiger charge is 2.36. The van der Waals surface area contributed by atoms with Gasteiger partial charge < -0.3 is 9.88 Å². The maximum Gasteiger partial charge on any atom is 0.240 e. The van der Waals surface area contributed by atoms with Gasteiger partial charge in [-0.1, -0.05) is 13.8 Å². The third-order valence-electron chi connectivity index (χ3n) is 4.91. The van der Waals surface area contributed by atoms with Gasteiger partial charge >= 0.3 is 0 Å². The summed E-state index contributed by atoms with van der Waals surface area (Å²) in [6, 6.07) is 0.215. The highest BCUT2D eigenvalue weighted by molar-refractivity contribution is 5.83. The van der Waals surface area contributed by atoms with E-state index in [9.17, 15) is 4.79 Å². The van der Waals surface area contributed by atoms with Gasteiger partial charge in [-0.2, -0.15) is 0 Å². The monoisotopic (exact) mass is 276 g/mol. The zero-order valence-corrected chi connectivity index (χ0v) is 12.5. The van der Waals surface area contributed by atoms with Gasteiger partial charge in [0.1, 0.15) is 0 Å². The van der Waals surface area contributed by atoms with E-state index in [0.717, 1.165) is 17.9 Å². The van der Waals surface area contributed by atoms with Crippen LogP contribution in [0.5, 0.6) is 0 Å². The van der Waals surface area contributed by atoms with Gasteiger partial charge in [0.05, 0.1) is 23.8 Å². The molecule has 20 heavy (non-hydrogen) atoms. The van der Waals surface area contributed by atoms with Crippen molar-refractivity contribution in [2.45, 2.75) is 52.2 Å². The highest BCUT2D eigenvalue weighted by Crippen LogP contribution is 2.28. The number of piperidine rings is 1. The number of hydrogen-bond donors (Lipinski definition) is 2. The standard InChI is InChI=1S/C15H24N4O/c1-9-4-10(2)11(3)19(7-9)15(20)13-5-12-14(6-16-13)18-8-17-12/h8-11,13,16H,4-7H2,1-3H3,(H,17,18). The Morgan fingerprint density at radius 3 is 3.00 bits per heavy atom. The molecule has 4 unspecified atom stereocenters. The van der Waals surface area contributed by atoms with Gasteiger partial charge in [0.2, 0.25) is 5.91 Å². The van der Waals surface area contributed by atoms with E-state index >= 15 is 0 Å². The van der Waals surface area contributed by atoms with E-state index in [1.165, 1.54) is 6.42 Å². The number of hydrogen-bond acceptors (Lipinski definition) is 3. The molecular formula is C15H24N4O. The Bertz CT molecular complexity index is 498. The lowest BCUT2D eigenvalue weighted by Gasteiger charge is -2.43. The molecule has 1 amide bonds. The van der Waals surface area contributed by atoms with Crippen LogP contribution < -0.4 is 5.32 Å². The molecule has 1 aromatic rings. The molecule has 4 atom stereocenters. The number of nitrogens with zero attached hydrogens (tertiary/aromatic N) is 2. The number of amides is 1. The van der Waals surface area contributed by atoms with Gasteiger partial charge in [0.15, 0.2) is 0 Å². The molecule has 0 saturated carbocycles. The van der Waals surface area contributed by atoms with Crippen LogP contribution >= 0.6 is 0 Å². The molecule has 110 valence electrons. The number of aromatic nitrogens is 2. The van der Waals surface area contributed by atoms with Crippen molar-refractivity contribution in [1.29, 1.82) is 0 Å². The van der Waals surface area contributed by atoms with E-state index < -0.39 is 0 Å². The molecular weight excluding hydrogens is 252 g/mol. The fourth-order valence-corrected chi connectivity index (χ4v) is 3.55. The van der Waals surface area contributed by atoms with Crippen LogP contribution in [-0.2, 0) is 17.8 Å². The van der Waals surface area contributed by atoms with Gasteiger partial charge in [-0.05, 0) is 25.2 Å². The number of nitrogens with one attached hydrogen (secondary N) is 2. The molecule has 1 fully saturated rings. The van der Waals surface area contributed by atoms with E-state index in [0.29, 0.717) is 30.8 Å². The van der Waals surface area contributed by atoms with Crippen molar-refractivity contribution in [1.82, 2.24) is 20.2 Å². The normalized spacial score (nSPS) is 33.9. The Morgan fingerprint density at radius 2 is 2.20 bits per heavy atom. The van der Waals surface area contributed by atoms with Gasteiger partial charge in [0.25, 0.3) is 0 Å². The molecule has 1 aromatic heterocycles. The molecule has 2 N–H and O–H groups in total. The van der Waals surface area contributed by atoms with Gasteiger partial charge in [0, 0.05) is 25.6 Å². The van der Waals surface area contributed by atoms with Crippen LogP contribution in [0.25, 0.3) is 0 Å². The second kappa shape index (κ2) is 5.20. The average Bonchev–Trinajstić information content (AvgIpc) is 2.89. The molecule has 2 aliphatic rings. The zero-order chi connectivity index (χ0) is 14.3. The van der Waals surface area contributed by atoms with Crippen molar-refractivity contribution in [3.8, 4) is 0 Å². The summed E-state index contributed by atoms with van der Waals surface area (Å²) < 4.78 is 0. The number of likely N-dealkylation sites (tertiary alicyclic amines) is 1. The Morgan fingerprint density at radius 1 is 1.40 bits per heavy atom. The van der Waals surface area contributed by atoms with Crippen LogP contribution in [-0.4, -0.2) is 39.4 Å². The molecule has 0 spiro atoms. The van der Waals surface area contributed by atoms with E-state index in [2.05, 4.69) is 41.0 Å². The Balaban J connectivity index is 1.73. The summed E-state index contributed by atoms with van der Waals surface area (Å²) in [5.41, 5.74) is 2.15. The second-order valence-electron chi connectivity index (χ2n) is 6.51. The number of H-pyrrole nitrogens is 1. The molecule has 1 saturated heterocycles. The predicted molar refractivity (Wildman–Crippen MR) is 77.0 cm³/mol. The number of rotatable bonds is 1. The average molecular weight is 276 g/mol. The Hall–Kier alpha value is -1.36. The summed E-state index contributed by atoms with van der Waals surface area (Å²) in [6.07, 6.45) is 3.63. The van der Waals surface area contributed by atoms with Crippen LogP contribution in [0.15, 0.2) is 6.33 Å². The minimum Gasteiger partial charge on any atom is -0.347 e. The number of fused-ring (bicyclic) bond motifs is 1. The first-order chi connectivity index (χ1) is 9.56. The quantitative estimate of drug-likeness (QED) is 0.813. The molecule has 0 radical (unpaired) electrons. The molecule has 5 heteroatoms. The summed E-state index contributed by atoms with van der Waals surface area (Å²) in [7, 11) is 0. The summed E-state index contributed by atoms with van der Waals surface area (Å²) in [5, 5.41) is 3.35. The molecule has 3 rings (SSSR count). The van der Waals surface area contributed by atoms with Crippen molar-refractivity contribution >= 4 is 5.91 Å². The van der Waals surface area contributed by atoms with Crippen molar-refractivity contribution in [2.75, 3.05) is 6.54 Å². The van der Waals surface area contributed by atoms with Gasteiger partial charge in [-0.3, -0.25) is 10.1 Å². The number of carbonyl (C=O) groups excluding carboxylic acids is 1. The number of imidazole rings is 1. The summed E-state index contributed by atoms with van der Waals surface area (Å²) in [4.78, 5) is 22.3. The summed E-state index contributed by atoms with van der Waals surface area (Å²) in [6.45, 7) is 8.26. The van der Waals surface area contributed by atoms with Crippen molar-refractivity contribution in [3.05, 3.63) is 17.7 Å². The minimum atomic E-state index is -0.120. The Labute approximate surface area is 120 Å². The maximum atomic E-state index is 12.8. The lowest BCUT2D eigenvalue weighted by Crippen LogP contribution is -2.56. The third-order valence-corrected chi connectivity index (χ3v) is 4.91. The van der Waals surface area contributed by atoms with Gasteiger partial charge in [-0.15, -0.1) is 0 Å². The third kappa shape index (κ3) is 2.35. The van der Waals surface area contributed by atoms with Crippen LogP contribution in [0, 0.1) is 11.8 Å². The van der Waals surface area contributed by atoms with Crippen LogP contribution in [0.2, 0.25) is 0 Å². The topological polar surface area (TPSA) is 61.0 Å². The van der Waals surface area contributed by atoms with Crippen LogP contribution in [0.1, 0.15) is 38.6 Å². The molecule has 3 heterocycles. The number of carbonyl (C=O) groups is 1. The highest BCUT2D eigenvalue weighted by atomic mass is 16.2. The molecule has 5 nitrogen and oxygen atoms in total. The zero-order valence-electron chi connectivity index (χ0n) is 12.5. The SMILES string of the molecule is CC1CC(C)C(C)N(C(=O)C2Cc3nc[nH]c3CN2)C1. The largest absolute Gasteiger partial charge is 0.347 e. The van der Waals surface area contributed by atoms with E-state index in [1.54, 1.807) is 6.33 Å². The fraction of sp³-hybridized carbons (Fsp3) is 0.733. The van der Waals surface area contributed by atoms with Crippen LogP contribution in [0.3, 0.4) is 0 Å². The minimum absolute atomic E-state index is 0.120. The van der Waals surface area contributed by atoms with Crippen molar-refractivity contribution in [3.63, 3.8) is 0 Å². The Kier molecular flexibility index (Phi) is 3.54. The van der Waals surface area contributed by atoms with E-state index in [1.807, 2.05) is 0 Å². The van der Waals surface area contributed by atoms with E-state index in [-0.39, 0.29) is 11.9 Å². The van der Waals surface area contributed by atoms with Gasteiger partial charge in [-0.25, -0.2) is 4.98 Å². The molecule has 0 aliphatic carbocycles. The molecule has 0 bridgehead atoms. The first-order valence-corrected chi connectivity index (χ1v) is 7.61. The summed E-state index contributed by atoms with van der Waals surface area (Å²) in [5.74, 6) is 1.41. The van der Waals surface area contributed by atoms with Crippen molar-refractivity contribution in [2.24, 2.45) is 11.8 Å². The van der Waals surface area contributed by atoms with E-state index in [4.69, 9.17) is 0 Å². The molecule has 0 aromatic carbocycles. The lowest BCUT2D eigenvalue weighted by atomic mass is 9.85. The maximum absolute atomic E-state index is 12.8.